The predicted molar refractivity (Wildman–Crippen MR) is 82.9 cm³/mol. The molecule has 0 amide bonds. The molecule has 0 saturated heterocycles. The van der Waals surface area contributed by atoms with E-state index in [0.29, 0.717) is 6.04 Å². The molecule has 0 radical (unpaired) electrons. The maximum Gasteiger partial charge on any atom is 0.0610 e. The van der Waals surface area contributed by atoms with Crippen LogP contribution >= 0.6 is 0 Å². The largest absolute Gasteiger partial charge is 0.394 e. The van der Waals surface area contributed by atoms with Crippen LogP contribution in [0.1, 0.15) is 71.1 Å². The second kappa shape index (κ2) is 8.35. The smallest absolute Gasteiger partial charge is 0.0610 e. The van der Waals surface area contributed by atoms with Crippen LogP contribution in [-0.2, 0) is 4.74 Å². The van der Waals surface area contributed by atoms with E-state index < -0.39 is 0 Å². The summed E-state index contributed by atoms with van der Waals surface area (Å²) in [5.74, 6) is 0.822. The average Bonchev–Trinajstić information content (AvgIpc) is 3.27. The first-order chi connectivity index (χ1) is 9.72. The fraction of sp³-hybridized carbons (Fsp3) is 1.00. The van der Waals surface area contributed by atoms with E-state index in [-0.39, 0.29) is 12.1 Å². The molecule has 2 aliphatic rings. The van der Waals surface area contributed by atoms with E-state index in [1.165, 1.54) is 44.9 Å². The van der Waals surface area contributed by atoms with E-state index in [0.717, 1.165) is 38.4 Å². The van der Waals surface area contributed by atoms with Gasteiger partial charge in [0.25, 0.3) is 0 Å². The Labute approximate surface area is 124 Å². The van der Waals surface area contributed by atoms with Gasteiger partial charge in [0.05, 0.1) is 6.61 Å². The number of unbranched alkanes of at least 4 members (excludes halogenated alkanes) is 1. The van der Waals surface area contributed by atoms with Crippen LogP contribution in [0.15, 0.2) is 0 Å². The van der Waals surface area contributed by atoms with Crippen molar-refractivity contribution in [2.75, 3.05) is 19.8 Å². The van der Waals surface area contributed by atoms with Crippen molar-refractivity contribution < 1.29 is 9.84 Å². The summed E-state index contributed by atoms with van der Waals surface area (Å²) in [7, 11) is 0. The van der Waals surface area contributed by atoms with Gasteiger partial charge >= 0.3 is 0 Å². The normalized spacial score (nSPS) is 23.7. The van der Waals surface area contributed by atoms with E-state index in [1.54, 1.807) is 0 Å². The molecule has 2 N–H and O–H groups in total. The third kappa shape index (κ3) is 6.11. The molecule has 2 fully saturated rings. The first-order valence-corrected chi connectivity index (χ1v) is 8.68. The zero-order chi connectivity index (χ0) is 14.3. The summed E-state index contributed by atoms with van der Waals surface area (Å²) >= 11 is 0. The van der Waals surface area contributed by atoms with Gasteiger partial charge < -0.3 is 15.2 Å². The minimum Gasteiger partial charge on any atom is -0.394 e. The van der Waals surface area contributed by atoms with Gasteiger partial charge in [0.2, 0.25) is 0 Å². The van der Waals surface area contributed by atoms with E-state index in [1.807, 2.05) is 0 Å². The molecular weight excluding hydrogens is 250 g/mol. The summed E-state index contributed by atoms with van der Waals surface area (Å²) in [5, 5.41) is 13.1. The molecule has 2 aliphatic carbocycles. The van der Waals surface area contributed by atoms with Crippen molar-refractivity contribution in [1.29, 1.82) is 0 Å². The van der Waals surface area contributed by atoms with Crippen LogP contribution in [-0.4, -0.2) is 36.5 Å². The van der Waals surface area contributed by atoms with E-state index in [2.05, 4.69) is 12.2 Å². The number of aliphatic hydroxyl groups excluding tert-OH is 1. The molecule has 0 aromatic heterocycles. The fourth-order valence-corrected chi connectivity index (χ4v) is 3.24. The molecule has 0 bridgehead atoms. The quantitative estimate of drug-likeness (QED) is 0.605. The van der Waals surface area contributed by atoms with Crippen LogP contribution < -0.4 is 5.32 Å². The first-order valence-electron chi connectivity index (χ1n) is 8.68. The van der Waals surface area contributed by atoms with Gasteiger partial charge in [0.1, 0.15) is 0 Å². The highest BCUT2D eigenvalue weighted by atomic mass is 16.5. The molecule has 0 heterocycles. The second-order valence-corrected chi connectivity index (χ2v) is 7.17. The molecule has 118 valence electrons. The molecule has 0 spiro atoms. The Kier molecular flexibility index (Phi) is 6.79. The third-order valence-electron chi connectivity index (χ3n) is 4.82. The summed E-state index contributed by atoms with van der Waals surface area (Å²) in [4.78, 5) is 0. The van der Waals surface area contributed by atoms with Gasteiger partial charge in [-0.1, -0.05) is 19.3 Å². The van der Waals surface area contributed by atoms with Crippen molar-refractivity contribution in [3.8, 4) is 0 Å². The highest BCUT2D eigenvalue weighted by Gasteiger charge is 2.31. The van der Waals surface area contributed by atoms with E-state index in [4.69, 9.17) is 4.74 Å². The Balaban J connectivity index is 1.47. The van der Waals surface area contributed by atoms with Gasteiger partial charge in [-0.05, 0) is 57.8 Å². The summed E-state index contributed by atoms with van der Waals surface area (Å²) in [6.45, 7) is 4.25. The molecule has 0 aromatic rings. The number of ether oxygens (including phenoxy) is 1. The molecule has 20 heavy (non-hydrogen) atoms. The number of aliphatic hydroxyl groups is 1. The molecule has 2 saturated carbocycles. The maximum atomic E-state index is 9.54. The lowest BCUT2D eigenvalue weighted by atomic mass is 9.90. The minimum absolute atomic E-state index is 0.0788. The Morgan fingerprint density at radius 3 is 2.50 bits per heavy atom. The Hall–Kier alpha value is -0.120. The lowest BCUT2D eigenvalue weighted by Gasteiger charge is -2.29. The Morgan fingerprint density at radius 2 is 1.85 bits per heavy atom. The van der Waals surface area contributed by atoms with Crippen molar-refractivity contribution in [3.63, 3.8) is 0 Å². The Morgan fingerprint density at radius 1 is 1.10 bits per heavy atom. The maximum absolute atomic E-state index is 9.54. The SMILES string of the molecule is CC(CO)(CCCCOCC1CCCCC1)NC1CC1. The summed E-state index contributed by atoms with van der Waals surface area (Å²) in [5.41, 5.74) is -0.0788. The zero-order valence-electron chi connectivity index (χ0n) is 13.2. The standard InChI is InChI=1S/C17H33NO2/c1-17(14-19,18-16-9-10-16)11-5-6-12-20-13-15-7-3-2-4-8-15/h15-16,18-19H,2-14H2,1H3. The molecule has 3 heteroatoms. The second-order valence-electron chi connectivity index (χ2n) is 7.17. The first kappa shape index (κ1) is 16.3. The lowest BCUT2D eigenvalue weighted by molar-refractivity contribution is 0.0797. The van der Waals surface area contributed by atoms with Crippen LogP contribution in [0.5, 0.6) is 0 Å². The fourth-order valence-electron chi connectivity index (χ4n) is 3.24. The summed E-state index contributed by atoms with van der Waals surface area (Å²) in [6, 6.07) is 0.662. The zero-order valence-corrected chi connectivity index (χ0v) is 13.2. The molecule has 1 atom stereocenters. The number of rotatable bonds is 10. The van der Waals surface area contributed by atoms with Gasteiger partial charge in [-0.2, -0.15) is 0 Å². The number of hydrogen-bond donors (Lipinski definition) is 2. The summed E-state index contributed by atoms with van der Waals surface area (Å²) in [6.07, 6.45) is 12.8. The van der Waals surface area contributed by atoms with Crippen molar-refractivity contribution in [1.82, 2.24) is 5.32 Å². The molecule has 0 aromatic carbocycles. The van der Waals surface area contributed by atoms with E-state index in [9.17, 15) is 5.11 Å². The van der Waals surface area contributed by atoms with Gasteiger partial charge in [0, 0.05) is 24.8 Å². The van der Waals surface area contributed by atoms with Gasteiger partial charge in [-0.3, -0.25) is 0 Å². The van der Waals surface area contributed by atoms with Crippen LogP contribution in [0.25, 0.3) is 0 Å². The van der Waals surface area contributed by atoms with Crippen LogP contribution in [0.4, 0.5) is 0 Å². The van der Waals surface area contributed by atoms with Crippen molar-refractivity contribution in [2.45, 2.75) is 82.7 Å². The van der Waals surface area contributed by atoms with Gasteiger partial charge in [0.15, 0.2) is 0 Å². The number of hydrogen-bond acceptors (Lipinski definition) is 3. The topological polar surface area (TPSA) is 41.5 Å². The third-order valence-corrected chi connectivity index (χ3v) is 4.82. The van der Waals surface area contributed by atoms with Gasteiger partial charge in [-0.15, -0.1) is 0 Å². The summed E-state index contributed by atoms with van der Waals surface area (Å²) < 4.78 is 5.83. The van der Waals surface area contributed by atoms with E-state index >= 15 is 0 Å². The molecule has 0 aliphatic heterocycles. The lowest BCUT2D eigenvalue weighted by Crippen LogP contribution is -2.46. The van der Waals surface area contributed by atoms with Gasteiger partial charge in [-0.25, -0.2) is 0 Å². The number of nitrogens with one attached hydrogen (secondary N) is 1. The van der Waals surface area contributed by atoms with Crippen LogP contribution in [0.3, 0.4) is 0 Å². The molecule has 3 nitrogen and oxygen atoms in total. The molecular formula is C17H33NO2. The molecule has 1 unspecified atom stereocenters. The molecule has 2 rings (SSSR count). The van der Waals surface area contributed by atoms with Crippen molar-refractivity contribution in [2.24, 2.45) is 5.92 Å². The monoisotopic (exact) mass is 283 g/mol. The highest BCUT2D eigenvalue weighted by Crippen LogP contribution is 2.25. The van der Waals surface area contributed by atoms with Crippen LogP contribution in [0, 0.1) is 5.92 Å². The average molecular weight is 283 g/mol. The highest BCUT2D eigenvalue weighted by molar-refractivity contribution is 4.92. The van der Waals surface area contributed by atoms with Crippen molar-refractivity contribution in [3.05, 3.63) is 0 Å². The van der Waals surface area contributed by atoms with Crippen molar-refractivity contribution >= 4 is 0 Å². The predicted octanol–water partition coefficient (Wildman–Crippen LogP) is 3.26. The minimum atomic E-state index is -0.0788. The van der Waals surface area contributed by atoms with Crippen LogP contribution in [0.2, 0.25) is 0 Å². The Bertz CT molecular complexity index is 262.